The summed E-state index contributed by atoms with van der Waals surface area (Å²) in [5, 5.41) is 5.23. The van der Waals surface area contributed by atoms with E-state index in [-0.39, 0.29) is 4.90 Å². The van der Waals surface area contributed by atoms with Crippen LogP contribution in [0, 0.1) is 0 Å². The van der Waals surface area contributed by atoms with Gasteiger partial charge in [0.15, 0.2) is 0 Å². The molecule has 4 rings (SSSR count). The highest BCUT2D eigenvalue weighted by Crippen LogP contribution is 2.25. The Labute approximate surface area is 142 Å². The molecular weight excluding hydrogens is 346 g/mol. The first-order valence-electron chi connectivity index (χ1n) is 7.28. The zero-order chi connectivity index (χ0) is 16.7. The number of hydrogen-bond acceptors (Lipinski definition) is 6. The van der Waals surface area contributed by atoms with E-state index in [1.165, 1.54) is 6.07 Å². The smallest absolute Gasteiger partial charge is 0.264 e. The molecule has 0 saturated heterocycles. The summed E-state index contributed by atoms with van der Waals surface area (Å²) in [7, 11) is -3.76. The number of aryl methyl sites for hydroxylation is 1. The van der Waals surface area contributed by atoms with Gasteiger partial charge in [-0.15, -0.1) is 0 Å². The Kier molecular flexibility index (Phi) is 3.47. The van der Waals surface area contributed by atoms with Gasteiger partial charge in [0, 0.05) is 11.9 Å². The van der Waals surface area contributed by atoms with E-state index in [0.717, 1.165) is 22.6 Å². The highest BCUT2D eigenvalue weighted by molar-refractivity contribution is 7.93. The minimum atomic E-state index is -3.76. The van der Waals surface area contributed by atoms with Gasteiger partial charge in [0.1, 0.15) is 15.9 Å². The number of nitrogens with zero attached hydrogens (tertiary/aromatic N) is 4. The third-order valence-electron chi connectivity index (χ3n) is 3.73. The largest absolute Gasteiger partial charge is 0.279 e. The maximum Gasteiger partial charge on any atom is 0.264 e. The Bertz CT molecular complexity index is 1150. The molecular formula is C15H13N5O2S2. The monoisotopic (exact) mass is 359 g/mol. The van der Waals surface area contributed by atoms with Crippen molar-refractivity contribution in [2.45, 2.75) is 18.4 Å². The van der Waals surface area contributed by atoms with Crippen LogP contribution in [0.15, 0.2) is 47.5 Å². The second-order valence-corrected chi connectivity index (χ2v) is 7.41. The fourth-order valence-electron chi connectivity index (χ4n) is 2.59. The molecule has 4 aromatic rings. The van der Waals surface area contributed by atoms with Crippen LogP contribution in [0.25, 0.3) is 21.9 Å². The second-order valence-electron chi connectivity index (χ2n) is 5.23. The molecule has 0 aliphatic carbocycles. The molecule has 1 N–H and O–H groups in total. The highest BCUT2D eigenvalue weighted by Gasteiger charge is 2.20. The van der Waals surface area contributed by atoms with Crippen LogP contribution in [-0.4, -0.2) is 26.9 Å². The summed E-state index contributed by atoms with van der Waals surface area (Å²) in [4.78, 5) is 0.123. The molecule has 7 nitrogen and oxygen atoms in total. The van der Waals surface area contributed by atoms with Crippen molar-refractivity contribution >= 4 is 49.4 Å². The summed E-state index contributed by atoms with van der Waals surface area (Å²) >= 11 is 0.994. The lowest BCUT2D eigenvalue weighted by atomic mass is 10.2. The third-order valence-corrected chi connectivity index (χ3v) is 5.69. The standard InChI is InChI=1S/C15H13N5O2S2/c1-2-20-13-8-11(7-6-10(13)9-16-20)19-24(21,22)14-5-3-4-12-15(14)18-23-17-12/h3-9,19H,2H2,1H3. The first-order chi connectivity index (χ1) is 11.6. The summed E-state index contributed by atoms with van der Waals surface area (Å²) < 4.78 is 38.1. The molecule has 0 aliphatic rings. The first-order valence-corrected chi connectivity index (χ1v) is 9.49. The maximum absolute atomic E-state index is 12.7. The molecule has 0 unspecified atom stereocenters. The molecule has 0 amide bonds. The van der Waals surface area contributed by atoms with Gasteiger partial charge in [-0.25, -0.2) is 8.42 Å². The molecule has 122 valence electrons. The summed E-state index contributed by atoms with van der Waals surface area (Å²) in [6.07, 6.45) is 1.76. The van der Waals surface area contributed by atoms with Crippen molar-refractivity contribution in [3.8, 4) is 0 Å². The van der Waals surface area contributed by atoms with E-state index >= 15 is 0 Å². The summed E-state index contributed by atoms with van der Waals surface area (Å²) in [6, 6.07) is 10.3. The molecule has 0 aliphatic heterocycles. The van der Waals surface area contributed by atoms with Crippen LogP contribution < -0.4 is 4.72 Å². The number of hydrogen-bond donors (Lipinski definition) is 1. The van der Waals surface area contributed by atoms with Gasteiger partial charge in [-0.05, 0) is 37.3 Å². The molecule has 0 radical (unpaired) electrons. The van der Waals surface area contributed by atoms with Gasteiger partial charge in [-0.3, -0.25) is 9.40 Å². The van der Waals surface area contributed by atoms with Crippen molar-refractivity contribution in [3.63, 3.8) is 0 Å². The van der Waals surface area contributed by atoms with Crippen molar-refractivity contribution < 1.29 is 8.42 Å². The van der Waals surface area contributed by atoms with Gasteiger partial charge in [0.25, 0.3) is 10.0 Å². The average Bonchev–Trinajstić information content (AvgIpc) is 3.20. The third kappa shape index (κ3) is 2.42. The van der Waals surface area contributed by atoms with Crippen LogP contribution >= 0.6 is 11.7 Å². The summed E-state index contributed by atoms with van der Waals surface area (Å²) in [5.41, 5.74) is 2.32. The minimum absolute atomic E-state index is 0.123. The highest BCUT2D eigenvalue weighted by atomic mass is 32.2. The molecule has 0 fully saturated rings. The van der Waals surface area contributed by atoms with Crippen molar-refractivity contribution in [2.24, 2.45) is 0 Å². The predicted octanol–water partition coefficient (Wildman–Crippen LogP) is 2.86. The lowest BCUT2D eigenvalue weighted by Gasteiger charge is -2.09. The topological polar surface area (TPSA) is 89.8 Å². The van der Waals surface area contributed by atoms with Gasteiger partial charge in [0.05, 0.1) is 29.1 Å². The first kappa shape index (κ1) is 15.0. The average molecular weight is 359 g/mol. The minimum Gasteiger partial charge on any atom is -0.279 e. The van der Waals surface area contributed by atoms with Gasteiger partial charge in [0.2, 0.25) is 0 Å². The van der Waals surface area contributed by atoms with E-state index in [2.05, 4.69) is 18.6 Å². The van der Waals surface area contributed by atoms with E-state index in [1.807, 2.05) is 17.7 Å². The fraction of sp³-hybridized carbons (Fsp3) is 0.133. The summed E-state index contributed by atoms with van der Waals surface area (Å²) in [6.45, 7) is 2.70. The zero-order valence-corrected chi connectivity index (χ0v) is 14.3. The van der Waals surface area contributed by atoms with Crippen LogP contribution in [0.1, 0.15) is 6.92 Å². The van der Waals surface area contributed by atoms with Crippen LogP contribution in [0.3, 0.4) is 0 Å². The second kappa shape index (κ2) is 5.53. The van der Waals surface area contributed by atoms with Crippen molar-refractivity contribution in [2.75, 3.05) is 4.72 Å². The van der Waals surface area contributed by atoms with E-state index < -0.39 is 10.0 Å². The van der Waals surface area contributed by atoms with Crippen molar-refractivity contribution in [1.29, 1.82) is 0 Å². The number of rotatable bonds is 4. The van der Waals surface area contributed by atoms with Crippen molar-refractivity contribution in [3.05, 3.63) is 42.6 Å². The quantitative estimate of drug-likeness (QED) is 0.605. The number of sulfonamides is 1. The molecule has 0 bridgehead atoms. The number of fused-ring (bicyclic) bond motifs is 2. The Morgan fingerprint density at radius 1 is 1.21 bits per heavy atom. The van der Waals surface area contributed by atoms with Crippen LogP contribution in [0.4, 0.5) is 5.69 Å². The molecule has 2 heterocycles. The number of anilines is 1. The van der Waals surface area contributed by atoms with E-state index in [9.17, 15) is 8.42 Å². The Hall–Kier alpha value is -2.52. The number of aromatic nitrogens is 4. The zero-order valence-electron chi connectivity index (χ0n) is 12.7. The Morgan fingerprint density at radius 2 is 2.08 bits per heavy atom. The molecule has 0 atom stereocenters. The van der Waals surface area contributed by atoms with Crippen molar-refractivity contribution in [1.82, 2.24) is 18.5 Å². The van der Waals surface area contributed by atoms with E-state index in [0.29, 0.717) is 23.3 Å². The van der Waals surface area contributed by atoms with Crippen LogP contribution in [-0.2, 0) is 16.6 Å². The van der Waals surface area contributed by atoms with Gasteiger partial charge in [-0.2, -0.15) is 13.8 Å². The van der Waals surface area contributed by atoms with Crippen LogP contribution in [0.2, 0.25) is 0 Å². The van der Waals surface area contributed by atoms with Gasteiger partial charge >= 0.3 is 0 Å². The molecule has 0 saturated carbocycles. The van der Waals surface area contributed by atoms with Crippen LogP contribution in [0.5, 0.6) is 0 Å². The normalized spacial score (nSPS) is 12.0. The molecule has 2 aromatic heterocycles. The lowest BCUT2D eigenvalue weighted by molar-refractivity contribution is 0.602. The Morgan fingerprint density at radius 3 is 2.92 bits per heavy atom. The van der Waals surface area contributed by atoms with Gasteiger partial charge in [-0.1, -0.05) is 6.07 Å². The fourth-order valence-corrected chi connectivity index (χ4v) is 4.41. The number of nitrogens with one attached hydrogen (secondary N) is 1. The molecule has 0 spiro atoms. The molecule has 9 heteroatoms. The Balaban J connectivity index is 1.77. The summed E-state index contributed by atoms with van der Waals surface area (Å²) in [5.74, 6) is 0. The molecule has 2 aromatic carbocycles. The maximum atomic E-state index is 12.7. The van der Waals surface area contributed by atoms with Gasteiger partial charge < -0.3 is 0 Å². The molecule has 24 heavy (non-hydrogen) atoms. The lowest BCUT2D eigenvalue weighted by Crippen LogP contribution is -2.13. The SMILES string of the molecule is CCn1ncc2ccc(NS(=O)(=O)c3cccc4nsnc34)cc21. The predicted molar refractivity (Wildman–Crippen MR) is 93.6 cm³/mol. The van der Waals surface area contributed by atoms with E-state index in [1.54, 1.807) is 30.5 Å². The number of benzene rings is 2. The van der Waals surface area contributed by atoms with E-state index in [4.69, 9.17) is 0 Å².